The Morgan fingerprint density at radius 1 is 0.711 bits per heavy atom. The Kier molecular flexibility index (Phi) is 7.88. The third-order valence-electron chi connectivity index (χ3n) is 6.32. The molecule has 0 aliphatic rings. The number of fused-ring (bicyclic) bond motifs is 1. The van der Waals surface area contributed by atoms with E-state index in [1.807, 2.05) is 60.7 Å². The van der Waals surface area contributed by atoms with E-state index in [1.54, 1.807) is 7.11 Å². The number of H-pyrrole nitrogens is 1. The summed E-state index contributed by atoms with van der Waals surface area (Å²) in [5, 5.41) is 1.08. The van der Waals surface area contributed by atoms with Crippen LogP contribution in [0.15, 0.2) is 84.9 Å². The van der Waals surface area contributed by atoms with E-state index in [-0.39, 0.29) is 0 Å². The summed E-state index contributed by atoms with van der Waals surface area (Å²) in [7, 11) is 1.64. The number of hydrogen-bond acceptors (Lipinski definition) is 5. The van der Waals surface area contributed by atoms with Crippen molar-refractivity contribution in [2.75, 3.05) is 7.11 Å². The van der Waals surface area contributed by atoms with Crippen LogP contribution in [-0.2, 0) is 26.1 Å². The molecular weight excluding hydrogens is 474 g/mol. The molecule has 3 aromatic carbocycles. The number of hydrogen-bond donors (Lipinski definition) is 1. The first-order chi connectivity index (χ1) is 18.6. The highest BCUT2D eigenvalue weighted by molar-refractivity contribution is 5.86. The topological polar surface area (TPSA) is 69.3 Å². The Balaban J connectivity index is 1.50. The van der Waals surface area contributed by atoms with Crippen LogP contribution in [0.4, 0.5) is 0 Å². The minimum Gasteiger partial charge on any atom is -0.480 e. The number of methoxy groups -OCH3 is 1. The van der Waals surface area contributed by atoms with Gasteiger partial charge in [0.15, 0.2) is 5.88 Å². The lowest BCUT2D eigenvalue weighted by molar-refractivity contribution is 0.281. The lowest BCUT2D eigenvalue weighted by Gasteiger charge is -2.16. The van der Waals surface area contributed by atoms with Gasteiger partial charge in [0.2, 0.25) is 11.8 Å². The second-order valence-electron chi connectivity index (χ2n) is 9.73. The van der Waals surface area contributed by atoms with E-state index < -0.39 is 0 Å². The third-order valence-corrected chi connectivity index (χ3v) is 6.32. The first-order valence-electron chi connectivity index (χ1n) is 13.0. The Labute approximate surface area is 223 Å². The normalized spacial score (nSPS) is 11.2. The summed E-state index contributed by atoms with van der Waals surface area (Å²) in [5.74, 6) is 2.17. The number of aromatic nitrogens is 3. The average Bonchev–Trinajstić information content (AvgIpc) is 3.29. The summed E-state index contributed by atoms with van der Waals surface area (Å²) in [6.07, 6.45) is 1.22. The van der Waals surface area contributed by atoms with E-state index in [0.717, 1.165) is 45.6 Å². The second kappa shape index (κ2) is 11.8. The molecule has 0 fully saturated rings. The van der Waals surface area contributed by atoms with Gasteiger partial charge in [0.25, 0.3) is 0 Å². The molecule has 0 amide bonds. The first-order valence-corrected chi connectivity index (χ1v) is 13.0. The van der Waals surface area contributed by atoms with Crippen molar-refractivity contribution in [2.24, 2.45) is 5.92 Å². The van der Waals surface area contributed by atoms with Crippen LogP contribution in [-0.4, -0.2) is 22.1 Å². The van der Waals surface area contributed by atoms with Crippen LogP contribution in [0.2, 0.25) is 0 Å². The molecule has 38 heavy (non-hydrogen) atoms. The van der Waals surface area contributed by atoms with E-state index in [1.165, 1.54) is 0 Å². The molecule has 0 saturated carbocycles. The lowest BCUT2D eigenvalue weighted by atomic mass is 10.1. The van der Waals surface area contributed by atoms with Crippen molar-refractivity contribution in [3.05, 3.63) is 113 Å². The highest BCUT2D eigenvalue weighted by Crippen LogP contribution is 2.33. The molecule has 6 nitrogen and oxygen atoms in total. The van der Waals surface area contributed by atoms with Gasteiger partial charge in [-0.25, -0.2) is 9.97 Å². The molecular formula is C32H33N3O3. The molecule has 0 spiro atoms. The average molecular weight is 508 g/mol. The molecule has 6 heteroatoms. The maximum Gasteiger partial charge on any atom is 0.236 e. The fourth-order valence-electron chi connectivity index (χ4n) is 4.48. The zero-order valence-corrected chi connectivity index (χ0v) is 22.1. The summed E-state index contributed by atoms with van der Waals surface area (Å²) in [6.45, 7) is 5.20. The number of para-hydroxylation sites is 1. The standard InChI is InChI=1S/C32H33N3O3/c1-22(2)18-28-32(38-21-24-14-8-5-9-15-24)35-29(31(34-28)36-3)19-26-25-16-10-11-17-27(25)33-30(26)37-20-23-12-6-4-7-13-23/h4-17,22,33H,18-21H2,1-3H3. The number of nitrogens with zero attached hydrogens (tertiary/aromatic N) is 2. The van der Waals surface area contributed by atoms with Gasteiger partial charge in [-0.2, -0.15) is 0 Å². The van der Waals surface area contributed by atoms with Crippen LogP contribution in [0.25, 0.3) is 10.9 Å². The molecule has 0 atom stereocenters. The Bertz CT molecular complexity index is 1480. The molecule has 1 N–H and O–H groups in total. The van der Waals surface area contributed by atoms with Gasteiger partial charge < -0.3 is 19.2 Å². The van der Waals surface area contributed by atoms with Gasteiger partial charge >= 0.3 is 0 Å². The number of benzene rings is 3. The molecule has 2 aromatic heterocycles. The third kappa shape index (κ3) is 5.97. The summed E-state index contributed by atoms with van der Waals surface area (Å²) in [6, 6.07) is 28.4. The smallest absolute Gasteiger partial charge is 0.236 e. The molecule has 0 unspecified atom stereocenters. The Morgan fingerprint density at radius 2 is 1.32 bits per heavy atom. The van der Waals surface area contributed by atoms with Crippen LogP contribution in [0.3, 0.4) is 0 Å². The van der Waals surface area contributed by atoms with Gasteiger partial charge in [-0.05, 0) is 29.5 Å². The lowest BCUT2D eigenvalue weighted by Crippen LogP contribution is -2.10. The van der Waals surface area contributed by atoms with E-state index in [0.29, 0.717) is 43.0 Å². The fraction of sp³-hybridized carbons (Fsp3) is 0.250. The highest BCUT2D eigenvalue weighted by Gasteiger charge is 2.21. The molecule has 0 radical (unpaired) electrons. The maximum atomic E-state index is 6.29. The zero-order valence-electron chi connectivity index (χ0n) is 22.1. The van der Waals surface area contributed by atoms with Crippen LogP contribution in [0.5, 0.6) is 17.6 Å². The quantitative estimate of drug-likeness (QED) is 0.210. The van der Waals surface area contributed by atoms with Gasteiger partial charge in [-0.15, -0.1) is 0 Å². The molecule has 5 aromatic rings. The van der Waals surface area contributed by atoms with Gasteiger partial charge in [0, 0.05) is 22.9 Å². The summed E-state index contributed by atoms with van der Waals surface area (Å²) in [5.41, 5.74) is 5.71. The van der Waals surface area contributed by atoms with Crippen LogP contribution in [0, 0.1) is 5.92 Å². The highest BCUT2D eigenvalue weighted by atomic mass is 16.5. The van der Waals surface area contributed by atoms with Crippen LogP contribution < -0.4 is 14.2 Å². The van der Waals surface area contributed by atoms with Gasteiger partial charge in [-0.1, -0.05) is 92.7 Å². The summed E-state index contributed by atoms with van der Waals surface area (Å²) >= 11 is 0. The predicted molar refractivity (Wildman–Crippen MR) is 150 cm³/mol. The molecule has 0 saturated heterocycles. The number of ether oxygens (including phenoxy) is 3. The van der Waals surface area contributed by atoms with Crippen molar-refractivity contribution in [1.82, 2.24) is 15.0 Å². The van der Waals surface area contributed by atoms with Crippen molar-refractivity contribution in [3.63, 3.8) is 0 Å². The second-order valence-corrected chi connectivity index (χ2v) is 9.73. The van der Waals surface area contributed by atoms with E-state index in [2.05, 4.69) is 43.1 Å². The van der Waals surface area contributed by atoms with E-state index >= 15 is 0 Å². The van der Waals surface area contributed by atoms with Crippen LogP contribution >= 0.6 is 0 Å². The fourth-order valence-corrected chi connectivity index (χ4v) is 4.48. The Morgan fingerprint density at radius 3 is 1.97 bits per heavy atom. The first kappa shape index (κ1) is 25.3. The molecule has 0 bridgehead atoms. The van der Waals surface area contributed by atoms with E-state index in [9.17, 15) is 0 Å². The van der Waals surface area contributed by atoms with Crippen LogP contribution in [0.1, 0.15) is 41.9 Å². The summed E-state index contributed by atoms with van der Waals surface area (Å²) in [4.78, 5) is 13.3. The number of nitrogens with one attached hydrogen (secondary N) is 1. The number of rotatable bonds is 11. The SMILES string of the molecule is COc1nc(CC(C)C)c(OCc2ccccc2)nc1Cc1c(OCc2ccccc2)[nH]c2ccccc12. The zero-order chi connectivity index (χ0) is 26.3. The summed E-state index contributed by atoms with van der Waals surface area (Å²) < 4.78 is 18.3. The molecule has 0 aliphatic heterocycles. The monoisotopic (exact) mass is 507 g/mol. The largest absolute Gasteiger partial charge is 0.480 e. The minimum atomic E-state index is 0.394. The van der Waals surface area contributed by atoms with E-state index in [4.69, 9.17) is 24.2 Å². The van der Waals surface area contributed by atoms with Gasteiger partial charge in [-0.3, -0.25) is 0 Å². The maximum absolute atomic E-state index is 6.29. The van der Waals surface area contributed by atoms with Crippen molar-refractivity contribution in [3.8, 4) is 17.6 Å². The molecule has 5 rings (SSSR count). The van der Waals surface area contributed by atoms with Gasteiger partial charge in [0.1, 0.15) is 24.6 Å². The molecule has 194 valence electrons. The van der Waals surface area contributed by atoms with Crippen molar-refractivity contribution >= 4 is 10.9 Å². The van der Waals surface area contributed by atoms with Crippen molar-refractivity contribution < 1.29 is 14.2 Å². The number of aromatic amines is 1. The Hall–Kier alpha value is -4.32. The predicted octanol–water partition coefficient (Wildman–Crippen LogP) is 6.91. The molecule has 0 aliphatic carbocycles. The van der Waals surface area contributed by atoms with Crippen molar-refractivity contribution in [1.29, 1.82) is 0 Å². The molecule has 2 heterocycles. The van der Waals surface area contributed by atoms with Gasteiger partial charge in [0.05, 0.1) is 7.11 Å². The minimum absolute atomic E-state index is 0.394. The van der Waals surface area contributed by atoms with Crippen molar-refractivity contribution in [2.45, 2.75) is 39.9 Å².